The average Bonchev–Trinajstić information content (AvgIpc) is 1.87. The molecule has 0 aromatic rings. The van der Waals surface area contributed by atoms with Crippen LogP contribution in [-0.2, 0) is 14.3 Å². The third kappa shape index (κ3) is 5.43. The predicted octanol–water partition coefficient (Wildman–Crippen LogP) is -1.40. The summed E-state index contributed by atoms with van der Waals surface area (Å²) in [6.45, 7) is -0.137. The van der Waals surface area contributed by atoms with Gasteiger partial charge in [0.1, 0.15) is 0 Å². The highest BCUT2D eigenvalue weighted by Crippen LogP contribution is 1.84. The highest BCUT2D eigenvalue weighted by atomic mass is 32.1. The van der Waals surface area contributed by atoms with E-state index in [1.165, 1.54) is 0 Å². The third-order valence-electron chi connectivity index (χ3n) is 0.698. The smallest absolute Gasteiger partial charge is 0.315 e. The third-order valence-corrected chi connectivity index (χ3v) is 0.957. The molecule has 0 bridgehead atoms. The second-order valence-electron chi connectivity index (χ2n) is 1.50. The van der Waals surface area contributed by atoms with E-state index in [1.54, 1.807) is 0 Å². The maximum absolute atomic E-state index is 10.3. The lowest BCUT2D eigenvalue weighted by molar-refractivity contribution is -0.306. The van der Waals surface area contributed by atoms with Crippen molar-refractivity contribution in [2.24, 2.45) is 0 Å². The summed E-state index contributed by atoms with van der Waals surface area (Å²) in [5.41, 5.74) is 0. The summed E-state index contributed by atoms with van der Waals surface area (Å²) in [7, 11) is 0. The van der Waals surface area contributed by atoms with E-state index >= 15 is 0 Å². The summed E-state index contributed by atoms with van der Waals surface area (Å²) in [5, 5.41) is 9.75. The van der Waals surface area contributed by atoms with Crippen molar-refractivity contribution in [2.75, 3.05) is 12.4 Å². The van der Waals surface area contributed by atoms with Crippen LogP contribution in [-0.4, -0.2) is 24.3 Å². The second kappa shape index (κ2) is 5.10. The first-order valence-electron chi connectivity index (χ1n) is 2.63. The van der Waals surface area contributed by atoms with Gasteiger partial charge in [-0.15, -0.1) is 0 Å². The van der Waals surface area contributed by atoms with E-state index in [4.69, 9.17) is 0 Å². The molecular formula is C5H7O4S-. The van der Waals surface area contributed by atoms with Gasteiger partial charge in [0.05, 0.1) is 12.4 Å². The molecule has 0 spiro atoms. The summed E-state index contributed by atoms with van der Waals surface area (Å²) in [5.74, 6) is -1.79. The number of esters is 1. The molecule has 5 heteroatoms. The summed E-state index contributed by atoms with van der Waals surface area (Å²) < 4.78 is 4.37. The number of rotatable bonds is 4. The van der Waals surface area contributed by atoms with Crippen molar-refractivity contribution in [1.82, 2.24) is 0 Å². The van der Waals surface area contributed by atoms with Gasteiger partial charge in [0.15, 0.2) is 0 Å². The molecule has 0 aliphatic heterocycles. The standard InChI is InChI=1S/C5H8O4S/c6-4(7)1-2-9-5(8)3-10/h10H,1-3H2,(H,6,7)/p-1. The van der Waals surface area contributed by atoms with Gasteiger partial charge < -0.3 is 14.6 Å². The Bertz CT molecular complexity index is 134. The van der Waals surface area contributed by atoms with Gasteiger partial charge in [-0.1, -0.05) is 0 Å². The van der Waals surface area contributed by atoms with Crippen LogP contribution in [0.3, 0.4) is 0 Å². The minimum Gasteiger partial charge on any atom is -0.550 e. The maximum Gasteiger partial charge on any atom is 0.315 e. The van der Waals surface area contributed by atoms with Crippen molar-refractivity contribution in [3.05, 3.63) is 0 Å². The molecule has 4 nitrogen and oxygen atoms in total. The first-order valence-corrected chi connectivity index (χ1v) is 3.26. The molecule has 0 atom stereocenters. The molecular weight excluding hydrogens is 156 g/mol. The van der Waals surface area contributed by atoms with Crippen LogP contribution in [0.15, 0.2) is 0 Å². The fourth-order valence-electron chi connectivity index (χ4n) is 0.294. The van der Waals surface area contributed by atoms with E-state index in [1.807, 2.05) is 0 Å². The molecule has 0 aromatic carbocycles. The van der Waals surface area contributed by atoms with Gasteiger partial charge in [-0.05, 0) is 0 Å². The van der Waals surface area contributed by atoms with Crippen molar-refractivity contribution in [3.8, 4) is 0 Å². The quantitative estimate of drug-likeness (QED) is 0.409. The molecule has 58 valence electrons. The fourth-order valence-corrected chi connectivity index (χ4v) is 0.385. The van der Waals surface area contributed by atoms with Crippen LogP contribution in [0, 0.1) is 0 Å². The number of thiol groups is 1. The Morgan fingerprint density at radius 3 is 2.50 bits per heavy atom. The van der Waals surface area contributed by atoms with Crippen molar-refractivity contribution < 1.29 is 19.4 Å². The molecule has 0 fully saturated rings. The summed E-state index contributed by atoms with van der Waals surface area (Å²) in [6.07, 6.45) is -0.264. The van der Waals surface area contributed by atoms with Gasteiger partial charge in [0.25, 0.3) is 0 Å². The van der Waals surface area contributed by atoms with Crippen molar-refractivity contribution in [2.45, 2.75) is 6.42 Å². The number of ether oxygens (including phenoxy) is 1. The number of carboxylic acids is 1. The molecule has 0 heterocycles. The second-order valence-corrected chi connectivity index (χ2v) is 1.82. The van der Waals surface area contributed by atoms with Crippen LogP contribution in [0.25, 0.3) is 0 Å². The highest BCUT2D eigenvalue weighted by molar-refractivity contribution is 7.81. The van der Waals surface area contributed by atoms with Crippen LogP contribution in [0.1, 0.15) is 6.42 Å². The molecule has 0 radical (unpaired) electrons. The highest BCUT2D eigenvalue weighted by Gasteiger charge is 1.96. The van der Waals surface area contributed by atoms with Crippen LogP contribution in [0.2, 0.25) is 0 Å². The van der Waals surface area contributed by atoms with E-state index in [0.29, 0.717) is 0 Å². The fraction of sp³-hybridized carbons (Fsp3) is 0.600. The van der Waals surface area contributed by atoms with Crippen LogP contribution in [0.4, 0.5) is 0 Å². The van der Waals surface area contributed by atoms with Gasteiger partial charge in [0.2, 0.25) is 0 Å². The average molecular weight is 163 g/mol. The summed E-state index contributed by atoms with van der Waals surface area (Å²) in [4.78, 5) is 20.0. The number of hydrogen-bond acceptors (Lipinski definition) is 5. The van der Waals surface area contributed by atoms with Gasteiger partial charge >= 0.3 is 5.97 Å². The van der Waals surface area contributed by atoms with E-state index < -0.39 is 11.9 Å². The van der Waals surface area contributed by atoms with Crippen LogP contribution >= 0.6 is 12.6 Å². The monoisotopic (exact) mass is 163 g/mol. The van der Waals surface area contributed by atoms with E-state index in [9.17, 15) is 14.7 Å². The molecule has 0 aliphatic rings. The molecule has 0 aliphatic carbocycles. The number of carbonyl (C=O) groups excluding carboxylic acids is 2. The molecule has 10 heavy (non-hydrogen) atoms. The summed E-state index contributed by atoms with van der Waals surface area (Å²) >= 11 is 3.60. The van der Waals surface area contributed by atoms with Gasteiger partial charge in [0, 0.05) is 12.4 Å². The Morgan fingerprint density at radius 2 is 2.10 bits per heavy atom. The zero-order chi connectivity index (χ0) is 7.98. The Labute approximate surface area is 63.6 Å². The maximum atomic E-state index is 10.3. The molecule has 0 rings (SSSR count). The van der Waals surface area contributed by atoms with Crippen molar-refractivity contribution >= 4 is 24.6 Å². The largest absolute Gasteiger partial charge is 0.550 e. The lowest BCUT2D eigenvalue weighted by Gasteiger charge is -2.02. The van der Waals surface area contributed by atoms with Crippen LogP contribution < -0.4 is 5.11 Å². The molecule has 0 unspecified atom stereocenters. The van der Waals surface area contributed by atoms with E-state index in [-0.39, 0.29) is 18.8 Å². The lowest BCUT2D eigenvalue weighted by Crippen LogP contribution is -2.24. The SMILES string of the molecule is O=C([O-])CCOC(=O)CS. The van der Waals surface area contributed by atoms with Crippen molar-refractivity contribution in [3.63, 3.8) is 0 Å². The number of hydrogen-bond donors (Lipinski definition) is 1. The molecule has 0 N–H and O–H groups in total. The van der Waals surface area contributed by atoms with Crippen LogP contribution in [0.5, 0.6) is 0 Å². The molecule has 0 saturated heterocycles. The minimum absolute atomic E-state index is 0.0347. The van der Waals surface area contributed by atoms with Gasteiger partial charge in [-0.25, -0.2) is 0 Å². The number of aliphatic carboxylic acids is 1. The zero-order valence-corrected chi connectivity index (χ0v) is 6.10. The van der Waals surface area contributed by atoms with Gasteiger partial charge in [-0.3, -0.25) is 4.79 Å². The Hall–Kier alpha value is -0.710. The Kier molecular flexibility index (Phi) is 4.74. The molecule has 0 aromatic heterocycles. The van der Waals surface area contributed by atoms with Gasteiger partial charge in [-0.2, -0.15) is 12.6 Å². The normalized spacial score (nSPS) is 8.90. The number of carbonyl (C=O) groups is 2. The van der Waals surface area contributed by atoms with E-state index in [2.05, 4.69) is 17.4 Å². The predicted molar refractivity (Wildman–Crippen MR) is 34.4 cm³/mol. The molecule has 0 saturated carbocycles. The minimum atomic E-state index is -1.23. The Morgan fingerprint density at radius 1 is 1.50 bits per heavy atom. The summed E-state index contributed by atoms with van der Waals surface area (Å²) in [6, 6.07) is 0. The first-order chi connectivity index (χ1) is 4.66. The van der Waals surface area contributed by atoms with E-state index in [0.717, 1.165) is 0 Å². The lowest BCUT2D eigenvalue weighted by atomic mass is 10.5. The first kappa shape index (κ1) is 9.29. The molecule has 0 amide bonds. The number of carboxylic acid groups (broad SMARTS) is 1. The van der Waals surface area contributed by atoms with Crippen molar-refractivity contribution in [1.29, 1.82) is 0 Å². The topological polar surface area (TPSA) is 66.4 Å². The Balaban J connectivity index is 3.20. The zero-order valence-electron chi connectivity index (χ0n) is 5.20.